The summed E-state index contributed by atoms with van der Waals surface area (Å²) < 4.78 is 11.0. The Morgan fingerprint density at radius 1 is 1.11 bits per heavy atom. The van der Waals surface area contributed by atoms with E-state index in [0.29, 0.717) is 12.2 Å². The lowest BCUT2D eigenvalue weighted by Gasteiger charge is -2.04. The number of benzene rings is 2. The second-order valence-corrected chi connectivity index (χ2v) is 6.00. The smallest absolute Gasteiger partial charge is 0.305 e. The fraction of sp³-hybridized carbons (Fsp3) is 0.0909. The lowest BCUT2D eigenvalue weighted by molar-refractivity contribution is -0.117. The molecule has 28 heavy (non-hydrogen) atoms. The summed E-state index contributed by atoms with van der Waals surface area (Å²) in [4.78, 5) is 24.2. The molecule has 0 aliphatic carbocycles. The van der Waals surface area contributed by atoms with E-state index in [4.69, 9.17) is 9.15 Å². The molecule has 6 heteroatoms. The molecule has 0 aliphatic rings. The van der Waals surface area contributed by atoms with Gasteiger partial charge in [0.2, 0.25) is 0 Å². The summed E-state index contributed by atoms with van der Waals surface area (Å²) in [6.45, 7) is 5.82. The molecule has 0 saturated heterocycles. The van der Waals surface area contributed by atoms with Gasteiger partial charge in [-0.25, -0.2) is 0 Å². The van der Waals surface area contributed by atoms with E-state index < -0.39 is 11.8 Å². The second-order valence-electron chi connectivity index (χ2n) is 6.00. The van der Waals surface area contributed by atoms with Gasteiger partial charge >= 0.3 is 5.91 Å². The number of carbonyl (C=O) groups excluding carboxylic acids is 2. The zero-order chi connectivity index (χ0) is 19.9. The number of fused-ring (bicyclic) bond motifs is 1. The summed E-state index contributed by atoms with van der Waals surface area (Å²) in [6, 6.07) is 14.6. The van der Waals surface area contributed by atoms with Crippen LogP contribution in [0.2, 0.25) is 0 Å². The van der Waals surface area contributed by atoms with Crippen molar-refractivity contribution in [3.05, 3.63) is 84.1 Å². The summed E-state index contributed by atoms with van der Waals surface area (Å²) in [7, 11) is 0. The summed E-state index contributed by atoms with van der Waals surface area (Å²) in [5.41, 5.74) is 6.86. The van der Waals surface area contributed by atoms with Crippen molar-refractivity contribution in [2.45, 2.75) is 6.92 Å². The molecule has 0 bridgehead atoms. The number of hydrogen-bond acceptors (Lipinski definition) is 4. The summed E-state index contributed by atoms with van der Waals surface area (Å²) in [5, 5.41) is 0.861. The first-order chi connectivity index (χ1) is 13.6. The molecule has 0 atom stereocenters. The molecule has 0 radical (unpaired) electrons. The van der Waals surface area contributed by atoms with Gasteiger partial charge in [0, 0.05) is 17.0 Å². The van der Waals surface area contributed by atoms with Crippen LogP contribution in [0.3, 0.4) is 0 Å². The molecule has 0 spiro atoms. The number of amides is 2. The van der Waals surface area contributed by atoms with Gasteiger partial charge in [-0.2, -0.15) is 0 Å². The summed E-state index contributed by atoms with van der Waals surface area (Å²) >= 11 is 0. The van der Waals surface area contributed by atoms with Crippen molar-refractivity contribution in [3.63, 3.8) is 0 Å². The minimum atomic E-state index is -0.515. The van der Waals surface area contributed by atoms with Gasteiger partial charge in [-0.05, 0) is 36.8 Å². The van der Waals surface area contributed by atoms with Gasteiger partial charge < -0.3 is 9.15 Å². The van der Waals surface area contributed by atoms with Gasteiger partial charge in [-0.1, -0.05) is 43.0 Å². The van der Waals surface area contributed by atoms with E-state index in [1.807, 2.05) is 30.3 Å². The highest BCUT2D eigenvalue weighted by Gasteiger charge is 2.17. The average molecular weight is 376 g/mol. The molecule has 3 aromatic rings. The van der Waals surface area contributed by atoms with Crippen molar-refractivity contribution < 1.29 is 18.7 Å². The van der Waals surface area contributed by atoms with Crippen LogP contribution >= 0.6 is 0 Å². The van der Waals surface area contributed by atoms with E-state index >= 15 is 0 Å². The molecule has 2 aromatic carbocycles. The highest BCUT2D eigenvalue weighted by Crippen LogP contribution is 2.24. The lowest BCUT2D eigenvalue weighted by atomic mass is 10.1. The molecule has 6 nitrogen and oxygen atoms in total. The highest BCUT2D eigenvalue weighted by molar-refractivity contribution is 6.00. The number of nitrogens with one attached hydrogen (secondary N) is 2. The monoisotopic (exact) mass is 376 g/mol. The van der Waals surface area contributed by atoms with Crippen LogP contribution in [0, 0.1) is 6.92 Å². The van der Waals surface area contributed by atoms with Crippen LogP contribution < -0.4 is 15.6 Å². The standard InChI is InChI=1S/C22H20N2O4/c1-3-14-27-17-11-8-16(9-12-17)10-13-20(25)23-24-22(26)21-15(2)18-6-4-5-7-19(18)28-21/h3-13H,1,14H2,2H3,(H,23,25)(H,24,26)/b13-10+. The second kappa shape index (κ2) is 8.73. The van der Waals surface area contributed by atoms with Crippen LogP contribution in [0.5, 0.6) is 5.75 Å². The molecule has 0 fully saturated rings. The third kappa shape index (κ3) is 4.48. The number of aryl methyl sites for hydroxylation is 1. The average Bonchev–Trinajstić information content (AvgIpc) is 3.06. The molecule has 0 aliphatic heterocycles. The molecule has 3 rings (SSSR count). The maximum absolute atomic E-state index is 12.3. The Morgan fingerprint density at radius 3 is 2.57 bits per heavy atom. The van der Waals surface area contributed by atoms with Crippen molar-refractivity contribution >= 4 is 28.9 Å². The number of hydrogen-bond donors (Lipinski definition) is 2. The van der Waals surface area contributed by atoms with Crippen molar-refractivity contribution in [3.8, 4) is 5.75 Å². The van der Waals surface area contributed by atoms with E-state index in [1.165, 1.54) is 6.08 Å². The Bertz CT molecular complexity index is 1030. The maximum atomic E-state index is 12.3. The summed E-state index contributed by atoms with van der Waals surface area (Å²) in [6.07, 6.45) is 4.62. The van der Waals surface area contributed by atoms with Crippen molar-refractivity contribution in [1.82, 2.24) is 10.9 Å². The number of hydrazine groups is 1. The third-order valence-electron chi connectivity index (χ3n) is 4.02. The number of carbonyl (C=O) groups is 2. The number of rotatable bonds is 6. The van der Waals surface area contributed by atoms with Gasteiger partial charge in [0.05, 0.1) is 0 Å². The predicted molar refractivity (Wildman–Crippen MR) is 108 cm³/mol. The Hall–Kier alpha value is -3.80. The van der Waals surface area contributed by atoms with E-state index in [9.17, 15) is 9.59 Å². The van der Waals surface area contributed by atoms with E-state index in [1.54, 1.807) is 37.3 Å². The SMILES string of the molecule is C=CCOc1ccc(/C=C/C(=O)NNC(=O)c2oc3ccccc3c2C)cc1. The Kier molecular flexibility index (Phi) is 5.91. The van der Waals surface area contributed by atoms with Crippen molar-refractivity contribution in [2.75, 3.05) is 6.61 Å². The zero-order valence-electron chi connectivity index (χ0n) is 15.4. The van der Waals surface area contributed by atoms with Crippen LogP contribution in [0.4, 0.5) is 0 Å². The number of para-hydroxylation sites is 1. The summed E-state index contributed by atoms with van der Waals surface area (Å²) in [5.74, 6) is -0.0937. The fourth-order valence-corrected chi connectivity index (χ4v) is 2.61. The Labute approximate surface area is 162 Å². The van der Waals surface area contributed by atoms with Crippen molar-refractivity contribution in [2.24, 2.45) is 0 Å². The fourth-order valence-electron chi connectivity index (χ4n) is 2.61. The molecular weight excluding hydrogens is 356 g/mol. The largest absolute Gasteiger partial charge is 0.490 e. The first kappa shape index (κ1) is 19.0. The molecule has 0 saturated carbocycles. The van der Waals surface area contributed by atoms with Crippen LogP contribution in [-0.2, 0) is 4.79 Å². The van der Waals surface area contributed by atoms with E-state index in [2.05, 4.69) is 17.4 Å². The van der Waals surface area contributed by atoms with Crippen LogP contribution in [0.25, 0.3) is 17.0 Å². The van der Waals surface area contributed by atoms with Gasteiger partial charge in [0.15, 0.2) is 5.76 Å². The zero-order valence-corrected chi connectivity index (χ0v) is 15.4. The van der Waals surface area contributed by atoms with Crippen molar-refractivity contribution in [1.29, 1.82) is 0 Å². The number of ether oxygens (including phenoxy) is 1. The Morgan fingerprint density at radius 2 is 1.86 bits per heavy atom. The molecular formula is C22H20N2O4. The Balaban J connectivity index is 1.56. The quantitative estimate of drug-likeness (QED) is 0.390. The minimum Gasteiger partial charge on any atom is -0.490 e. The predicted octanol–water partition coefficient (Wildman–Crippen LogP) is 3.78. The van der Waals surface area contributed by atoms with Gasteiger partial charge in [0.25, 0.3) is 5.91 Å². The third-order valence-corrected chi connectivity index (χ3v) is 4.02. The minimum absolute atomic E-state index is 0.167. The molecule has 2 N–H and O–H groups in total. The van der Waals surface area contributed by atoms with Crippen LogP contribution in [0.1, 0.15) is 21.7 Å². The van der Waals surface area contributed by atoms with E-state index in [-0.39, 0.29) is 5.76 Å². The van der Waals surface area contributed by atoms with Gasteiger partial charge in [-0.3, -0.25) is 20.4 Å². The highest BCUT2D eigenvalue weighted by atomic mass is 16.5. The van der Waals surface area contributed by atoms with E-state index in [0.717, 1.165) is 22.3 Å². The van der Waals surface area contributed by atoms with Crippen LogP contribution in [0.15, 0.2) is 71.7 Å². The maximum Gasteiger partial charge on any atom is 0.305 e. The molecule has 1 heterocycles. The number of furan rings is 1. The normalized spacial score (nSPS) is 10.8. The first-order valence-electron chi connectivity index (χ1n) is 8.69. The van der Waals surface area contributed by atoms with Gasteiger partial charge in [-0.15, -0.1) is 0 Å². The van der Waals surface area contributed by atoms with Gasteiger partial charge in [0.1, 0.15) is 17.9 Å². The first-order valence-corrected chi connectivity index (χ1v) is 8.69. The molecule has 1 aromatic heterocycles. The lowest BCUT2D eigenvalue weighted by Crippen LogP contribution is -2.40. The molecule has 2 amide bonds. The topological polar surface area (TPSA) is 80.6 Å². The molecule has 0 unspecified atom stereocenters. The molecule has 142 valence electrons. The van der Waals surface area contributed by atoms with Crippen LogP contribution in [-0.4, -0.2) is 18.4 Å².